The van der Waals surface area contributed by atoms with E-state index in [9.17, 15) is 4.79 Å². The molecular weight excluding hydrogens is 218 g/mol. The number of anilines is 1. The number of carbonyl (C=O) groups is 1. The van der Waals surface area contributed by atoms with Crippen LogP contribution in [0.15, 0.2) is 18.5 Å². The fraction of sp³-hybridized carbons (Fsp3) is 0.364. The maximum Gasteiger partial charge on any atom is 0.271 e. The van der Waals surface area contributed by atoms with Crippen LogP contribution in [0.2, 0.25) is 0 Å². The van der Waals surface area contributed by atoms with E-state index >= 15 is 0 Å². The van der Waals surface area contributed by atoms with E-state index in [1.165, 1.54) is 0 Å². The summed E-state index contributed by atoms with van der Waals surface area (Å²) in [6.07, 6.45) is 5.34. The van der Waals surface area contributed by atoms with Gasteiger partial charge in [-0.2, -0.15) is 5.10 Å². The van der Waals surface area contributed by atoms with Crippen molar-refractivity contribution >= 4 is 17.2 Å². The van der Waals surface area contributed by atoms with Crippen LogP contribution in [0.1, 0.15) is 23.3 Å². The number of fused-ring (bicyclic) bond motifs is 1. The molecule has 2 heterocycles. The van der Waals surface area contributed by atoms with Crippen molar-refractivity contribution in [3.8, 4) is 0 Å². The average Bonchev–Trinajstić information content (AvgIpc) is 3.04. The van der Waals surface area contributed by atoms with Gasteiger partial charge in [-0.1, -0.05) is 0 Å². The van der Waals surface area contributed by atoms with Gasteiger partial charge in [-0.3, -0.25) is 4.79 Å². The van der Waals surface area contributed by atoms with Gasteiger partial charge in [0.25, 0.3) is 5.91 Å². The van der Waals surface area contributed by atoms with Crippen molar-refractivity contribution in [2.75, 3.05) is 12.4 Å². The van der Waals surface area contributed by atoms with Crippen LogP contribution in [-0.4, -0.2) is 33.6 Å². The molecule has 88 valence electrons. The lowest BCUT2D eigenvalue weighted by atomic mass is 10.4. The number of amides is 1. The van der Waals surface area contributed by atoms with Crippen LogP contribution >= 0.6 is 0 Å². The third kappa shape index (κ3) is 1.71. The SMILES string of the molecule is CNc1ccnn2c(C(=O)NC3CC3)cnc12. The topological polar surface area (TPSA) is 71.3 Å². The van der Waals surface area contributed by atoms with Gasteiger partial charge in [-0.25, -0.2) is 9.50 Å². The zero-order chi connectivity index (χ0) is 11.8. The average molecular weight is 231 g/mol. The Labute approximate surface area is 98.0 Å². The Morgan fingerprint density at radius 3 is 3.06 bits per heavy atom. The summed E-state index contributed by atoms with van der Waals surface area (Å²) in [6.45, 7) is 0. The van der Waals surface area contributed by atoms with Crippen LogP contribution in [-0.2, 0) is 0 Å². The number of hydrogen-bond acceptors (Lipinski definition) is 4. The molecule has 2 aromatic heterocycles. The molecule has 17 heavy (non-hydrogen) atoms. The predicted molar refractivity (Wildman–Crippen MR) is 63.0 cm³/mol. The van der Waals surface area contributed by atoms with Crippen molar-refractivity contribution in [1.82, 2.24) is 19.9 Å². The van der Waals surface area contributed by atoms with Crippen LogP contribution in [0.3, 0.4) is 0 Å². The van der Waals surface area contributed by atoms with Crippen LogP contribution in [0, 0.1) is 0 Å². The first kappa shape index (κ1) is 10.1. The van der Waals surface area contributed by atoms with Crippen molar-refractivity contribution in [2.45, 2.75) is 18.9 Å². The lowest BCUT2D eigenvalue weighted by Crippen LogP contribution is -2.26. The molecule has 0 unspecified atom stereocenters. The number of imidazole rings is 1. The van der Waals surface area contributed by atoms with E-state index in [4.69, 9.17) is 0 Å². The summed E-state index contributed by atoms with van der Waals surface area (Å²) in [4.78, 5) is 16.2. The molecule has 0 radical (unpaired) electrons. The van der Waals surface area contributed by atoms with Gasteiger partial charge in [0.1, 0.15) is 0 Å². The summed E-state index contributed by atoms with van der Waals surface area (Å²) in [6, 6.07) is 2.16. The number of nitrogens with zero attached hydrogens (tertiary/aromatic N) is 3. The number of rotatable bonds is 3. The van der Waals surface area contributed by atoms with E-state index in [1.807, 2.05) is 13.1 Å². The van der Waals surface area contributed by atoms with Crippen molar-refractivity contribution in [3.05, 3.63) is 24.2 Å². The Kier molecular flexibility index (Phi) is 2.21. The van der Waals surface area contributed by atoms with Crippen molar-refractivity contribution in [2.24, 2.45) is 0 Å². The molecule has 2 N–H and O–H groups in total. The smallest absolute Gasteiger partial charge is 0.271 e. The summed E-state index contributed by atoms with van der Waals surface area (Å²) in [5.74, 6) is -0.110. The molecular formula is C11H13N5O. The maximum atomic E-state index is 11.9. The summed E-state index contributed by atoms with van der Waals surface area (Å²) in [5.41, 5.74) is 1.99. The molecule has 3 rings (SSSR count). The molecule has 0 saturated heterocycles. The molecule has 1 aliphatic rings. The predicted octanol–water partition coefficient (Wildman–Crippen LogP) is 0.663. The molecule has 0 atom stereocenters. The van der Waals surface area contributed by atoms with Gasteiger partial charge < -0.3 is 10.6 Å². The van der Waals surface area contributed by atoms with Gasteiger partial charge in [-0.15, -0.1) is 0 Å². The van der Waals surface area contributed by atoms with Gasteiger partial charge in [-0.05, 0) is 18.9 Å². The van der Waals surface area contributed by atoms with Crippen molar-refractivity contribution in [1.29, 1.82) is 0 Å². The first-order chi connectivity index (χ1) is 8.29. The van der Waals surface area contributed by atoms with Gasteiger partial charge in [0.05, 0.1) is 18.1 Å². The van der Waals surface area contributed by atoms with Crippen molar-refractivity contribution in [3.63, 3.8) is 0 Å². The highest BCUT2D eigenvalue weighted by molar-refractivity contribution is 5.94. The Hall–Kier alpha value is -2.11. The molecule has 0 spiro atoms. The number of nitrogens with one attached hydrogen (secondary N) is 2. The minimum atomic E-state index is -0.110. The summed E-state index contributed by atoms with van der Waals surface area (Å²) < 4.78 is 1.56. The molecule has 0 aromatic carbocycles. The molecule has 0 bridgehead atoms. The third-order valence-corrected chi connectivity index (χ3v) is 2.82. The molecule has 6 nitrogen and oxygen atoms in total. The van der Waals surface area contributed by atoms with Gasteiger partial charge in [0, 0.05) is 13.1 Å². The minimum absolute atomic E-state index is 0.110. The Balaban J connectivity index is 2.01. The molecule has 1 amide bonds. The lowest BCUT2D eigenvalue weighted by molar-refractivity contribution is 0.0944. The van der Waals surface area contributed by atoms with Gasteiger partial charge >= 0.3 is 0 Å². The standard InChI is InChI=1S/C11H13N5O/c1-12-8-4-5-14-16-9(6-13-10(8)16)11(17)15-7-2-3-7/h4-7,12H,2-3H2,1H3,(H,15,17). The maximum absolute atomic E-state index is 11.9. The third-order valence-electron chi connectivity index (χ3n) is 2.82. The lowest BCUT2D eigenvalue weighted by Gasteiger charge is -2.04. The zero-order valence-electron chi connectivity index (χ0n) is 9.47. The Bertz CT molecular complexity index is 572. The number of carbonyl (C=O) groups excluding carboxylic acids is 1. The van der Waals surface area contributed by atoms with E-state index in [-0.39, 0.29) is 5.91 Å². The summed E-state index contributed by atoms with van der Waals surface area (Å²) in [7, 11) is 1.81. The van der Waals surface area contributed by atoms with Crippen LogP contribution < -0.4 is 10.6 Å². The van der Waals surface area contributed by atoms with E-state index in [0.717, 1.165) is 18.5 Å². The van der Waals surface area contributed by atoms with Gasteiger partial charge in [0.15, 0.2) is 11.3 Å². The van der Waals surface area contributed by atoms with E-state index < -0.39 is 0 Å². The van der Waals surface area contributed by atoms with E-state index in [1.54, 1.807) is 16.9 Å². The number of hydrogen-bond donors (Lipinski definition) is 2. The van der Waals surface area contributed by atoms with Crippen molar-refractivity contribution < 1.29 is 4.79 Å². The second-order valence-corrected chi connectivity index (χ2v) is 4.12. The second kappa shape index (κ2) is 3.73. The second-order valence-electron chi connectivity index (χ2n) is 4.12. The minimum Gasteiger partial charge on any atom is -0.385 e. The highest BCUT2D eigenvalue weighted by Crippen LogP contribution is 2.20. The van der Waals surface area contributed by atoms with E-state index in [0.29, 0.717) is 17.4 Å². The quantitative estimate of drug-likeness (QED) is 0.814. The van der Waals surface area contributed by atoms with Crippen LogP contribution in [0.25, 0.3) is 5.65 Å². The normalized spacial score (nSPS) is 14.9. The molecule has 2 aromatic rings. The molecule has 1 aliphatic carbocycles. The first-order valence-corrected chi connectivity index (χ1v) is 5.61. The summed E-state index contributed by atoms with van der Waals surface area (Å²) >= 11 is 0. The fourth-order valence-corrected chi connectivity index (χ4v) is 1.73. The molecule has 0 aliphatic heterocycles. The monoisotopic (exact) mass is 231 g/mol. The molecule has 1 saturated carbocycles. The van der Waals surface area contributed by atoms with E-state index in [2.05, 4.69) is 20.7 Å². The van der Waals surface area contributed by atoms with Crippen LogP contribution in [0.4, 0.5) is 5.69 Å². The Morgan fingerprint density at radius 1 is 1.53 bits per heavy atom. The van der Waals surface area contributed by atoms with Gasteiger partial charge in [0.2, 0.25) is 0 Å². The Morgan fingerprint density at radius 2 is 2.35 bits per heavy atom. The fourth-order valence-electron chi connectivity index (χ4n) is 1.73. The molecule has 1 fully saturated rings. The number of aromatic nitrogens is 3. The largest absolute Gasteiger partial charge is 0.385 e. The molecule has 6 heteroatoms. The first-order valence-electron chi connectivity index (χ1n) is 5.61. The zero-order valence-corrected chi connectivity index (χ0v) is 9.47. The van der Waals surface area contributed by atoms with Crippen LogP contribution in [0.5, 0.6) is 0 Å². The summed E-state index contributed by atoms with van der Waals surface area (Å²) in [5, 5.41) is 10.1. The highest BCUT2D eigenvalue weighted by atomic mass is 16.2. The highest BCUT2D eigenvalue weighted by Gasteiger charge is 2.25.